The molecule has 0 aliphatic rings. The molecule has 0 saturated heterocycles. The van der Waals surface area contributed by atoms with Crippen LogP contribution in [0.15, 0.2) is 60.8 Å². The van der Waals surface area contributed by atoms with E-state index in [0.29, 0.717) is 16.5 Å². The fourth-order valence-electron chi connectivity index (χ4n) is 3.27. The molecule has 0 bridgehead atoms. The van der Waals surface area contributed by atoms with Crippen molar-refractivity contribution in [1.29, 1.82) is 0 Å². The van der Waals surface area contributed by atoms with Gasteiger partial charge in [0.1, 0.15) is 12.6 Å². The molecule has 2 atom stereocenters. The van der Waals surface area contributed by atoms with Gasteiger partial charge in [-0.1, -0.05) is 48.5 Å². The number of hydrogen-bond acceptors (Lipinski definition) is 5. The molecule has 3 rings (SSSR count). The van der Waals surface area contributed by atoms with Crippen molar-refractivity contribution >= 4 is 28.9 Å². The van der Waals surface area contributed by atoms with Crippen LogP contribution in [0.4, 0.5) is 4.79 Å². The van der Waals surface area contributed by atoms with E-state index in [1.165, 1.54) is 0 Å². The number of fused-ring (bicyclic) bond motifs is 1. The van der Waals surface area contributed by atoms with Crippen molar-refractivity contribution < 1.29 is 34.4 Å². The van der Waals surface area contributed by atoms with Crippen molar-refractivity contribution in [3.05, 3.63) is 71.9 Å². The lowest BCUT2D eigenvalue weighted by molar-refractivity contribution is -0.161. The van der Waals surface area contributed by atoms with Crippen LogP contribution in [0.1, 0.15) is 17.5 Å². The summed E-state index contributed by atoms with van der Waals surface area (Å²) in [4.78, 5) is 38.5. The molecule has 9 nitrogen and oxygen atoms in total. The van der Waals surface area contributed by atoms with Crippen LogP contribution in [0, 0.1) is 0 Å². The summed E-state index contributed by atoms with van der Waals surface area (Å²) < 4.78 is 5.00. The molecular formula is C22H22N2O7. The van der Waals surface area contributed by atoms with E-state index < -0.39 is 36.1 Å². The van der Waals surface area contributed by atoms with E-state index >= 15 is 0 Å². The van der Waals surface area contributed by atoms with Crippen LogP contribution in [0.5, 0.6) is 0 Å². The van der Waals surface area contributed by atoms with E-state index in [1.54, 1.807) is 60.8 Å². The summed E-state index contributed by atoms with van der Waals surface area (Å²) in [6.45, 7) is -0.0858. The number of hydrogen-bond donors (Lipinski definition) is 5. The SMILES string of the molecule is O=C(N[C@H](CC(O)(Cc1c[nH]c2ccccc12)C(=O)O)C(=O)O)OCc1ccccc1. The third-order valence-electron chi connectivity index (χ3n) is 4.90. The Morgan fingerprint density at radius 1 is 1.03 bits per heavy atom. The van der Waals surface area contributed by atoms with Gasteiger partial charge in [0.05, 0.1) is 0 Å². The summed E-state index contributed by atoms with van der Waals surface area (Å²) in [5.74, 6) is -3.08. The summed E-state index contributed by atoms with van der Waals surface area (Å²) in [5, 5.41) is 32.7. The quantitative estimate of drug-likeness (QED) is 0.352. The summed E-state index contributed by atoms with van der Waals surface area (Å²) in [6, 6.07) is 14.2. The normalized spacial score (nSPS) is 13.8. The molecule has 162 valence electrons. The van der Waals surface area contributed by atoms with E-state index in [0.717, 1.165) is 5.52 Å². The zero-order chi connectivity index (χ0) is 22.4. The molecule has 1 heterocycles. The fraction of sp³-hybridized carbons (Fsp3) is 0.227. The van der Waals surface area contributed by atoms with Gasteiger partial charge < -0.3 is 30.4 Å². The van der Waals surface area contributed by atoms with E-state index in [1.807, 2.05) is 0 Å². The Kier molecular flexibility index (Phi) is 6.56. The number of carboxylic acids is 2. The molecule has 0 spiro atoms. The molecule has 9 heteroatoms. The number of alkyl carbamates (subject to hydrolysis) is 1. The van der Waals surface area contributed by atoms with Crippen LogP contribution in [-0.2, 0) is 27.4 Å². The largest absolute Gasteiger partial charge is 0.480 e. The Bertz CT molecular complexity index is 1080. The van der Waals surface area contributed by atoms with Gasteiger partial charge >= 0.3 is 18.0 Å². The summed E-state index contributed by atoms with van der Waals surface area (Å²) in [5.41, 5.74) is -0.467. The molecule has 5 N–H and O–H groups in total. The van der Waals surface area contributed by atoms with Crippen LogP contribution in [0.3, 0.4) is 0 Å². The first-order valence-corrected chi connectivity index (χ1v) is 9.49. The molecule has 0 fully saturated rings. The van der Waals surface area contributed by atoms with Gasteiger partial charge in [0.2, 0.25) is 0 Å². The van der Waals surface area contributed by atoms with Gasteiger partial charge in [-0.2, -0.15) is 0 Å². The molecular weight excluding hydrogens is 404 g/mol. The predicted octanol–water partition coefficient (Wildman–Crippen LogP) is 2.30. The van der Waals surface area contributed by atoms with E-state index in [-0.39, 0.29) is 13.0 Å². The van der Waals surface area contributed by atoms with Crippen molar-refractivity contribution in [3.63, 3.8) is 0 Å². The maximum atomic E-state index is 12.0. The second-order valence-electron chi connectivity index (χ2n) is 7.17. The third kappa shape index (κ3) is 5.40. The van der Waals surface area contributed by atoms with Crippen molar-refractivity contribution in [2.75, 3.05) is 0 Å². The number of aliphatic carboxylic acids is 2. The smallest absolute Gasteiger partial charge is 0.408 e. The highest BCUT2D eigenvalue weighted by atomic mass is 16.5. The molecule has 1 unspecified atom stereocenters. The van der Waals surface area contributed by atoms with Gasteiger partial charge in [0.25, 0.3) is 0 Å². The van der Waals surface area contributed by atoms with E-state index in [9.17, 15) is 29.7 Å². The number of benzene rings is 2. The van der Waals surface area contributed by atoms with Gasteiger partial charge in [-0.15, -0.1) is 0 Å². The third-order valence-corrected chi connectivity index (χ3v) is 4.90. The number of ether oxygens (including phenoxy) is 1. The zero-order valence-electron chi connectivity index (χ0n) is 16.4. The molecule has 0 saturated carbocycles. The van der Waals surface area contributed by atoms with Gasteiger partial charge in [-0.05, 0) is 17.2 Å². The fourth-order valence-corrected chi connectivity index (χ4v) is 3.27. The molecule has 2 aromatic carbocycles. The number of rotatable bonds is 9. The number of amides is 1. The maximum Gasteiger partial charge on any atom is 0.408 e. The van der Waals surface area contributed by atoms with Crippen molar-refractivity contribution in [2.45, 2.75) is 31.1 Å². The van der Waals surface area contributed by atoms with Crippen LogP contribution >= 0.6 is 0 Å². The second kappa shape index (κ2) is 9.31. The number of aromatic nitrogens is 1. The maximum absolute atomic E-state index is 12.0. The number of carbonyl (C=O) groups is 3. The number of aromatic amines is 1. The minimum atomic E-state index is -2.43. The highest BCUT2D eigenvalue weighted by molar-refractivity contribution is 5.86. The van der Waals surface area contributed by atoms with E-state index in [4.69, 9.17) is 4.74 Å². The average molecular weight is 426 g/mol. The Labute approximate surface area is 177 Å². The standard InChI is InChI=1S/C22H22N2O7/c25-19(26)18(24-21(29)31-13-14-6-2-1-3-7-14)11-22(30,20(27)28)10-15-12-23-17-9-5-4-8-16(15)17/h1-9,12,18,23,30H,10-11,13H2,(H,24,29)(H,25,26)(H,27,28)/t18-,22?/m1/s1. The number of H-pyrrole nitrogens is 1. The second-order valence-corrected chi connectivity index (χ2v) is 7.17. The Balaban J connectivity index is 1.71. The lowest BCUT2D eigenvalue weighted by Gasteiger charge is -2.26. The highest BCUT2D eigenvalue weighted by Crippen LogP contribution is 2.26. The number of para-hydroxylation sites is 1. The lowest BCUT2D eigenvalue weighted by Crippen LogP contribution is -2.51. The summed E-state index contributed by atoms with van der Waals surface area (Å²) in [7, 11) is 0. The first-order chi connectivity index (χ1) is 14.8. The molecule has 3 aromatic rings. The van der Waals surface area contributed by atoms with Gasteiger partial charge in [0.15, 0.2) is 5.60 Å². The number of aliphatic hydroxyl groups is 1. The Morgan fingerprint density at radius 2 is 1.71 bits per heavy atom. The molecule has 0 aliphatic heterocycles. The first kappa shape index (κ1) is 21.8. The van der Waals surface area contributed by atoms with Crippen LogP contribution in [-0.4, -0.2) is 50.0 Å². The minimum absolute atomic E-state index is 0.0858. The minimum Gasteiger partial charge on any atom is -0.480 e. The zero-order valence-corrected chi connectivity index (χ0v) is 16.4. The summed E-state index contributed by atoms with van der Waals surface area (Å²) >= 11 is 0. The molecule has 1 aromatic heterocycles. The topological polar surface area (TPSA) is 149 Å². The molecule has 0 radical (unpaired) electrons. The van der Waals surface area contributed by atoms with Crippen LogP contribution in [0.25, 0.3) is 10.9 Å². The molecule has 0 aliphatic carbocycles. The van der Waals surface area contributed by atoms with Crippen molar-refractivity contribution in [2.24, 2.45) is 0 Å². The summed E-state index contributed by atoms with van der Waals surface area (Å²) in [6.07, 6.45) is -0.569. The van der Waals surface area contributed by atoms with Crippen molar-refractivity contribution in [3.8, 4) is 0 Å². The van der Waals surface area contributed by atoms with E-state index in [2.05, 4.69) is 10.3 Å². The lowest BCUT2D eigenvalue weighted by atomic mass is 9.88. The number of carbonyl (C=O) groups excluding carboxylic acids is 1. The Morgan fingerprint density at radius 3 is 2.39 bits per heavy atom. The highest BCUT2D eigenvalue weighted by Gasteiger charge is 2.42. The average Bonchev–Trinajstić information content (AvgIpc) is 3.15. The first-order valence-electron chi connectivity index (χ1n) is 9.49. The monoisotopic (exact) mass is 426 g/mol. The van der Waals surface area contributed by atoms with Gasteiger partial charge in [0, 0.05) is 29.9 Å². The number of nitrogens with one attached hydrogen (secondary N) is 2. The van der Waals surface area contributed by atoms with Crippen LogP contribution in [0.2, 0.25) is 0 Å². The predicted molar refractivity (Wildman–Crippen MR) is 110 cm³/mol. The molecule has 31 heavy (non-hydrogen) atoms. The van der Waals surface area contributed by atoms with Gasteiger partial charge in [-0.25, -0.2) is 14.4 Å². The Hall–Kier alpha value is -3.85. The van der Waals surface area contributed by atoms with Gasteiger partial charge in [-0.3, -0.25) is 0 Å². The van der Waals surface area contributed by atoms with Crippen LogP contribution < -0.4 is 5.32 Å². The molecule has 1 amide bonds. The van der Waals surface area contributed by atoms with Crippen molar-refractivity contribution in [1.82, 2.24) is 10.3 Å². The number of carboxylic acid groups (broad SMARTS) is 2.